The molecule has 1 aliphatic rings. The SMILES string of the molecule is CCCNC(=O)CN(C)C(=O)C(=O)N1CCCNCC1. The minimum absolute atomic E-state index is 0.0866. The summed E-state index contributed by atoms with van der Waals surface area (Å²) in [5.41, 5.74) is 0. The van der Waals surface area contributed by atoms with Gasteiger partial charge in [0.15, 0.2) is 0 Å². The largest absolute Gasteiger partial charge is 0.355 e. The second kappa shape index (κ2) is 8.52. The van der Waals surface area contributed by atoms with Crippen molar-refractivity contribution in [2.75, 3.05) is 46.3 Å². The highest BCUT2D eigenvalue weighted by Crippen LogP contribution is 1.99. The normalized spacial score (nSPS) is 15.4. The molecule has 0 bridgehead atoms. The van der Waals surface area contributed by atoms with Crippen LogP contribution in [0, 0.1) is 0 Å². The Morgan fingerprint density at radius 1 is 1.25 bits per heavy atom. The zero-order valence-electron chi connectivity index (χ0n) is 12.3. The highest BCUT2D eigenvalue weighted by Gasteiger charge is 2.26. The Bertz CT molecular complexity index is 352. The van der Waals surface area contributed by atoms with E-state index >= 15 is 0 Å². The summed E-state index contributed by atoms with van der Waals surface area (Å²) in [6, 6.07) is 0. The molecular formula is C13H24N4O3. The summed E-state index contributed by atoms with van der Waals surface area (Å²) in [4.78, 5) is 38.3. The van der Waals surface area contributed by atoms with E-state index in [-0.39, 0.29) is 12.5 Å². The number of rotatable bonds is 4. The predicted octanol–water partition coefficient (Wildman–Crippen LogP) is -1.21. The number of hydrogen-bond acceptors (Lipinski definition) is 4. The van der Waals surface area contributed by atoms with Crippen LogP contribution >= 0.6 is 0 Å². The van der Waals surface area contributed by atoms with Crippen LogP contribution in [0.2, 0.25) is 0 Å². The van der Waals surface area contributed by atoms with E-state index in [1.807, 2.05) is 6.92 Å². The quantitative estimate of drug-likeness (QED) is 0.635. The molecule has 7 nitrogen and oxygen atoms in total. The minimum atomic E-state index is -0.626. The van der Waals surface area contributed by atoms with E-state index in [9.17, 15) is 14.4 Å². The van der Waals surface area contributed by atoms with Crippen LogP contribution in [-0.2, 0) is 14.4 Å². The van der Waals surface area contributed by atoms with Gasteiger partial charge in [-0.15, -0.1) is 0 Å². The van der Waals surface area contributed by atoms with Crippen molar-refractivity contribution in [2.24, 2.45) is 0 Å². The summed E-state index contributed by atoms with van der Waals surface area (Å²) in [6.45, 7) is 5.09. The lowest BCUT2D eigenvalue weighted by atomic mass is 10.3. The zero-order valence-corrected chi connectivity index (χ0v) is 12.3. The zero-order chi connectivity index (χ0) is 15.0. The molecule has 2 N–H and O–H groups in total. The van der Waals surface area contributed by atoms with Crippen LogP contribution in [0.5, 0.6) is 0 Å². The van der Waals surface area contributed by atoms with Crippen molar-refractivity contribution in [1.82, 2.24) is 20.4 Å². The van der Waals surface area contributed by atoms with E-state index in [1.165, 1.54) is 11.9 Å². The van der Waals surface area contributed by atoms with Gasteiger partial charge in [-0.3, -0.25) is 14.4 Å². The van der Waals surface area contributed by atoms with Crippen molar-refractivity contribution in [3.63, 3.8) is 0 Å². The van der Waals surface area contributed by atoms with Crippen LogP contribution in [0.1, 0.15) is 19.8 Å². The molecule has 7 heteroatoms. The van der Waals surface area contributed by atoms with Gasteiger partial charge in [0.25, 0.3) is 0 Å². The monoisotopic (exact) mass is 284 g/mol. The summed E-state index contributed by atoms with van der Waals surface area (Å²) in [5, 5.41) is 5.85. The molecular weight excluding hydrogens is 260 g/mol. The lowest BCUT2D eigenvalue weighted by Gasteiger charge is -2.23. The first-order valence-electron chi connectivity index (χ1n) is 7.08. The van der Waals surface area contributed by atoms with Crippen molar-refractivity contribution in [3.8, 4) is 0 Å². The maximum absolute atomic E-state index is 12.1. The predicted molar refractivity (Wildman–Crippen MR) is 75.0 cm³/mol. The molecule has 0 aromatic carbocycles. The number of likely N-dealkylation sites (N-methyl/N-ethyl adjacent to an activating group) is 1. The molecule has 0 spiro atoms. The Morgan fingerprint density at radius 2 is 2.00 bits per heavy atom. The fourth-order valence-corrected chi connectivity index (χ4v) is 1.95. The van der Waals surface area contributed by atoms with Gasteiger partial charge < -0.3 is 20.4 Å². The Hall–Kier alpha value is -1.63. The van der Waals surface area contributed by atoms with Gasteiger partial charge in [-0.25, -0.2) is 0 Å². The van der Waals surface area contributed by atoms with Crippen molar-refractivity contribution in [1.29, 1.82) is 0 Å². The Kier molecular flexibility index (Phi) is 7.00. The first kappa shape index (κ1) is 16.4. The third-order valence-electron chi connectivity index (χ3n) is 3.11. The summed E-state index contributed by atoms with van der Waals surface area (Å²) < 4.78 is 0. The van der Waals surface area contributed by atoms with E-state index in [0.717, 1.165) is 19.4 Å². The van der Waals surface area contributed by atoms with Crippen molar-refractivity contribution >= 4 is 17.7 Å². The summed E-state index contributed by atoms with van der Waals surface area (Å²) >= 11 is 0. The number of nitrogens with zero attached hydrogens (tertiary/aromatic N) is 2. The average Bonchev–Trinajstić information content (AvgIpc) is 2.72. The van der Waals surface area contributed by atoms with Gasteiger partial charge in [-0.2, -0.15) is 0 Å². The molecule has 1 fully saturated rings. The molecule has 20 heavy (non-hydrogen) atoms. The van der Waals surface area contributed by atoms with Crippen LogP contribution in [0.15, 0.2) is 0 Å². The smallest absolute Gasteiger partial charge is 0.312 e. The third-order valence-corrected chi connectivity index (χ3v) is 3.11. The fraction of sp³-hybridized carbons (Fsp3) is 0.769. The van der Waals surface area contributed by atoms with E-state index < -0.39 is 11.8 Å². The van der Waals surface area contributed by atoms with Gasteiger partial charge in [0, 0.05) is 33.2 Å². The standard InChI is InChI=1S/C13H24N4O3/c1-3-5-15-11(18)10-16(2)12(19)13(20)17-8-4-6-14-7-9-17/h14H,3-10H2,1-2H3,(H,15,18). The molecule has 1 aliphatic heterocycles. The number of amides is 3. The second-order valence-corrected chi connectivity index (χ2v) is 4.91. The van der Waals surface area contributed by atoms with Gasteiger partial charge in [0.1, 0.15) is 0 Å². The highest BCUT2D eigenvalue weighted by atomic mass is 16.2. The average molecular weight is 284 g/mol. The fourth-order valence-electron chi connectivity index (χ4n) is 1.95. The van der Waals surface area contributed by atoms with E-state index in [4.69, 9.17) is 0 Å². The van der Waals surface area contributed by atoms with Crippen molar-refractivity contribution in [3.05, 3.63) is 0 Å². The number of carbonyl (C=O) groups is 3. The molecule has 0 atom stereocenters. The summed E-state index contributed by atoms with van der Waals surface area (Å²) in [7, 11) is 1.47. The molecule has 0 aromatic heterocycles. The maximum Gasteiger partial charge on any atom is 0.312 e. The van der Waals surface area contributed by atoms with Gasteiger partial charge >= 0.3 is 11.8 Å². The highest BCUT2D eigenvalue weighted by molar-refractivity contribution is 6.35. The molecule has 3 amide bonds. The van der Waals surface area contributed by atoms with E-state index in [1.54, 1.807) is 4.90 Å². The molecule has 1 rings (SSSR count). The summed E-state index contributed by atoms with van der Waals surface area (Å²) in [6.07, 6.45) is 1.67. The maximum atomic E-state index is 12.1. The van der Waals surface area contributed by atoms with Crippen LogP contribution in [0.25, 0.3) is 0 Å². The lowest BCUT2D eigenvalue weighted by Crippen LogP contribution is -2.47. The van der Waals surface area contributed by atoms with Crippen molar-refractivity contribution < 1.29 is 14.4 Å². The number of nitrogens with one attached hydrogen (secondary N) is 2. The molecule has 0 aromatic rings. The first-order valence-corrected chi connectivity index (χ1v) is 7.08. The Labute approximate surface area is 119 Å². The van der Waals surface area contributed by atoms with E-state index in [0.29, 0.717) is 26.2 Å². The molecule has 0 unspecified atom stereocenters. The Morgan fingerprint density at radius 3 is 2.70 bits per heavy atom. The van der Waals surface area contributed by atoms with Gasteiger partial charge in [0.2, 0.25) is 5.91 Å². The van der Waals surface area contributed by atoms with E-state index in [2.05, 4.69) is 10.6 Å². The summed E-state index contributed by atoms with van der Waals surface area (Å²) in [5.74, 6) is -1.40. The van der Waals surface area contributed by atoms with Crippen LogP contribution in [0.4, 0.5) is 0 Å². The molecule has 0 radical (unpaired) electrons. The third kappa shape index (κ3) is 5.16. The van der Waals surface area contributed by atoms with Gasteiger partial charge in [0.05, 0.1) is 6.54 Å². The molecule has 1 heterocycles. The molecule has 114 valence electrons. The molecule has 1 saturated heterocycles. The van der Waals surface area contributed by atoms with Crippen molar-refractivity contribution in [2.45, 2.75) is 19.8 Å². The van der Waals surface area contributed by atoms with Crippen LogP contribution < -0.4 is 10.6 Å². The Balaban J connectivity index is 2.46. The molecule has 0 aliphatic carbocycles. The topological polar surface area (TPSA) is 81.8 Å². The number of carbonyl (C=O) groups excluding carboxylic acids is 3. The number of hydrogen-bond donors (Lipinski definition) is 2. The van der Waals surface area contributed by atoms with Crippen LogP contribution in [-0.4, -0.2) is 73.8 Å². The molecule has 0 saturated carbocycles. The van der Waals surface area contributed by atoms with Gasteiger partial charge in [-0.1, -0.05) is 6.92 Å². The van der Waals surface area contributed by atoms with Gasteiger partial charge in [-0.05, 0) is 19.4 Å². The second-order valence-electron chi connectivity index (χ2n) is 4.91. The minimum Gasteiger partial charge on any atom is -0.355 e. The van der Waals surface area contributed by atoms with Crippen LogP contribution in [0.3, 0.4) is 0 Å². The first-order chi connectivity index (χ1) is 9.56. The lowest BCUT2D eigenvalue weighted by molar-refractivity contribution is -0.151.